The first kappa shape index (κ1) is 18.1. The lowest BCUT2D eigenvalue weighted by Crippen LogP contribution is -2.40. The third kappa shape index (κ3) is 3.98. The van der Waals surface area contributed by atoms with Crippen LogP contribution in [0.5, 0.6) is 0 Å². The number of carboxylic acid groups (broad SMARTS) is 1. The van der Waals surface area contributed by atoms with E-state index in [0.29, 0.717) is 17.9 Å². The maximum absolute atomic E-state index is 12.5. The van der Waals surface area contributed by atoms with Crippen molar-refractivity contribution >= 4 is 16.0 Å². The molecule has 2 heterocycles. The molecule has 2 N–H and O–H groups in total. The molecule has 8 nitrogen and oxygen atoms in total. The molecule has 0 aliphatic heterocycles. The minimum Gasteiger partial charge on any atom is -0.480 e. The van der Waals surface area contributed by atoms with Gasteiger partial charge in [0.15, 0.2) is 5.82 Å². The van der Waals surface area contributed by atoms with Crippen LogP contribution in [0.4, 0.5) is 0 Å². The van der Waals surface area contributed by atoms with Gasteiger partial charge in [-0.25, -0.2) is 18.1 Å². The molecule has 0 aliphatic carbocycles. The summed E-state index contributed by atoms with van der Waals surface area (Å²) in [5.74, 6) is -0.709. The Morgan fingerprint density at radius 3 is 2.75 bits per heavy atom. The predicted molar refractivity (Wildman–Crippen MR) is 87.4 cm³/mol. The first-order chi connectivity index (χ1) is 11.4. The zero-order valence-corrected chi connectivity index (χ0v) is 14.3. The van der Waals surface area contributed by atoms with Crippen LogP contribution in [0.1, 0.15) is 31.9 Å². The Balaban J connectivity index is 2.30. The van der Waals surface area contributed by atoms with E-state index in [9.17, 15) is 18.3 Å². The quantitative estimate of drug-likeness (QED) is 0.744. The summed E-state index contributed by atoms with van der Waals surface area (Å²) in [5.41, 5.74) is 0.362. The van der Waals surface area contributed by atoms with Gasteiger partial charge in [0.2, 0.25) is 10.0 Å². The third-order valence-corrected chi connectivity index (χ3v) is 5.14. The topological polar surface area (TPSA) is 114 Å². The van der Waals surface area contributed by atoms with Gasteiger partial charge < -0.3 is 5.11 Å². The number of carboxylic acids is 1. The maximum Gasteiger partial charge on any atom is 0.321 e. The molecule has 2 rings (SSSR count). The average Bonchev–Trinajstić information content (AvgIpc) is 2.94. The van der Waals surface area contributed by atoms with Gasteiger partial charge in [0.05, 0.1) is 11.9 Å². The zero-order chi connectivity index (χ0) is 17.7. The second-order valence-electron chi connectivity index (χ2n) is 5.35. The van der Waals surface area contributed by atoms with Crippen LogP contribution in [-0.2, 0) is 14.8 Å². The summed E-state index contributed by atoms with van der Waals surface area (Å²) in [6.45, 7) is 3.51. The first-order valence-electron chi connectivity index (χ1n) is 7.58. The number of aromatic nitrogens is 3. The molecule has 2 aromatic heterocycles. The molecule has 1 atom stereocenters. The Morgan fingerprint density at radius 1 is 1.42 bits per heavy atom. The molecule has 0 saturated heterocycles. The van der Waals surface area contributed by atoms with Gasteiger partial charge >= 0.3 is 5.97 Å². The van der Waals surface area contributed by atoms with E-state index in [1.165, 1.54) is 10.9 Å². The molecule has 130 valence electrons. The predicted octanol–water partition coefficient (Wildman–Crippen LogP) is 1.50. The van der Waals surface area contributed by atoms with Crippen molar-refractivity contribution in [3.63, 3.8) is 0 Å². The maximum atomic E-state index is 12.5. The number of pyridine rings is 1. The van der Waals surface area contributed by atoms with Gasteiger partial charge in [-0.3, -0.25) is 4.79 Å². The molecule has 0 bridgehead atoms. The number of carbonyl (C=O) groups is 1. The van der Waals surface area contributed by atoms with Crippen LogP contribution < -0.4 is 4.72 Å². The molecule has 2 aromatic rings. The van der Waals surface area contributed by atoms with E-state index in [1.807, 2.05) is 6.92 Å². The summed E-state index contributed by atoms with van der Waals surface area (Å²) in [6, 6.07) is 4.05. The van der Waals surface area contributed by atoms with Crippen molar-refractivity contribution in [2.45, 2.75) is 44.0 Å². The van der Waals surface area contributed by atoms with Crippen LogP contribution in [0.3, 0.4) is 0 Å². The van der Waals surface area contributed by atoms with Gasteiger partial charge in [0.25, 0.3) is 0 Å². The van der Waals surface area contributed by atoms with Crippen molar-refractivity contribution < 1.29 is 18.3 Å². The van der Waals surface area contributed by atoms with E-state index < -0.39 is 22.0 Å². The number of rotatable bonds is 8. The Labute approximate surface area is 140 Å². The standard InChI is InChI=1S/C15H20N4O4S/c1-3-4-7-12(15(20)21)18-24(22,23)13-10-17-19(11(13)2)14-8-5-6-9-16-14/h5-6,8-10,12,18H,3-4,7H2,1-2H3,(H,20,21). The molecule has 0 aliphatic rings. The molecule has 0 aromatic carbocycles. The highest BCUT2D eigenvalue weighted by Crippen LogP contribution is 2.18. The summed E-state index contributed by atoms with van der Waals surface area (Å²) in [7, 11) is -3.99. The molecule has 0 radical (unpaired) electrons. The van der Waals surface area contributed by atoms with E-state index in [1.54, 1.807) is 31.3 Å². The van der Waals surface area contributed by atoms with Crippen LogP contribution in [-0.4, -0.2) is 40.3 Å². The Bertz CT molecular complexity index is 802. The van der Waals surface area contributed by atoms with Crippen molar-refractivity contribution in [1.82, 2.24) is 19.5 Å². The van der Waals surface area contributed by atoms with Crippen LogP contribution in [0.2, 0.25) is 0 Å². The molecule has 9 heteroatoms. The lowest BCUT2D eigenvalue weighted by atomic mass is 10.1. The highest BCUT2D eigenvalue weighted by atomic mass is 32.2. The van der Waals surface area contributed by atoms with E-state index >= 15 is 0 Å². The minimum atomic E-state index is -3.99. The molecule has 0 saturated carbocycles. The van der Waals surface area contributed by atoms with Crippen molar-refractivity contribution in [3.05, 3.63) is 36.3 Å². The Hall–Kier alpha value is -2.26. The van der Waals surface area contributed by atoms with E-state index in [0.717, 1.165) is 6.42 Å². The van der Waals surface area contributed by atoms with Crippen LogP contribution in [0.25, 0.3) is 5.82 Å². The summed E-state index contributed by atoms with van der Waals surface area (Å²) >= 11 is 0. The van der Waals surface area contributed by atoms with Crippen molar-refractivity contribution in [1.29, 1.82) is 0 Å². The Kier molecular flexibility index (Phi) is 5.68. The number of sulfonamides is 1. The van der Waals surface area contributed by atoms with Gasteiger partial charge in [-0.2, -0.15) is 9.82 Å². The summed E-state index contributed by atoms with van der Waals surface area (Å²) in [5, 5.41) is 13.3. The van der Waals surface area contributed by atoms with Crippen LogP contribution in [0, 0.1) is 6.92 Å². The monoisotopic (exact) mass is 352 g/mol. The molecule has 0 spiro atoms. The van der Waals surface area contributed by atoms with Gasteiger partial charge in [0, 0.05) is 6.20 Å². The average molecular weight is 352 g/mol. The van der Waals surface area contributed by atoms with E-state index in [4.69, 9.17) is 0 Å². The van der Waals surface area contributed by atoms with Crippen molar-refractivity contribution in [2.75, 3.05) is 0 Å². The second-order valence-corrected chi connectivity index (χ2v) is 7.03. The molecule has 24 heavy (non-hydrogen) atoms. The van der Waals surface area contributed by atoms with Gasteiger partial charge in [-0.15, -0.1) is 0 Å². The summed E-state index contributed by atoms with van der Waals surface area (Å²) in [6.07, 6.45) is 4.41. The normalized spacial score (nSPS) is 12.9. The van der Waals surface area contributed by atoms with Crippen molar-refractivity contribution in [2.24, 2.45) is 0 Å². The van der Waals surface area contributed by atoms with E-state index in [-0.39, 0.29) is 11.3 Å². The summed E-state index contributed by atoms with van der Waals surface area (Å²) in [4.78, 5) is 15.3. The van der Waals surface area contributed by atoms with Gasteiger partial charge in [-0.1, -0.05) is 25.8 Å². The SMILES string of the molecule is CCCCC(NS(=O)(=O)c1cnn(-c2ccccn2)c1C)C(=O)O. The fourth-order valence-electron chi connectivity index (χ4n) is 2.26. The highest BCUT2D eigenvalue weighted by Gasteiger charge is 2.28. The van der Waals surface area contributed by atoms with Gasteiger partial charge in [0.1, 0.15) is 10.9 Å². The van der Waals surface area contributed by atoms with Crippen molar-refractivity contribution in [3.8, 4) is 5.82 Å². The number of unbranched alkanes of at least 4 members (excludes halogenated alkanes) is 1. The largest absolute Gasteiger partial charge is 0.480 e. The number of aliphatic carboxylic acids is 1. The zero-order valence-electron chi connectivity index (χ0n) is 13.5. The number of hydrogen-bond donors (Lipinski definition) is 2. The lowest BCUT2D eigenvalue weighted by molar-refractivity contribution is -0.139. The minimum absolute atomic E-state index is 0.0594. The van der Waals surface area contributed by atoms with Crippen LogP contribution >= 0.6 is 0 Å². The lowest BCUT2D eigenvalue weighted by Gasteiger charge is -2.14. The molecular weight excluding hydrogens is 332 g/mol. The third-order valence-electron chi connectivity index (χ3n) is 3.56. The Morgan fingerprint density at radius 2 is 2.17 bits per heavy atom. The molecular formula is C15H20N4O4S. The van der Waals surface area contributed by atoms with Gasteiger partial charge in [-0.05, 0) is 25.5 Å². The molecule has 0 amide bonds. The number of hydrogen-bond acceptors (Lipinski definition) is 5. The fourth-order valence-corrected chi connectivity index (χ4v) is 3.64. The number of nitrogens with one attached hydrogen (secondary N) is 1. The highest BCUT2D eigenvalue weighted by molar-refractivity contribution is 7.89. The molecule has 0 fully saturated rings. The molecule has 1 unspecified atom stereocenters. The van der Waals surface area contributed by atoms with Crippen LogP contribution in [0.15, 0.2) is 35.5 Å². The smallest absolute Gasteiger partial charge is 0.321 e. The summed E-state index contributed by atoms with van der Waals surface area (Å²) < 4.78 is 28.7. The first-order valence-corrected chi connectivity index (χ1v) is 9.06. The fraction of sp³-hybridized carbons (Fsp3) is 0.400. The second kappa shape index (κ2) is 7.54. The number of nitrogens with zero attached hydrogens (tertiary/aromatic N) is 3. The van der Waals surface area contributed by atoms with E-state index in [2.05, 4.69) is 14.8 Å².